The molecule has 1 aromatic rings. The predicted molar refractivity (Wildman–Crippen MR) is 95.8 cm³/mol. The van der Waals surface area contributed by atoms with Gasteiger partial charge >= 0.3 is 0 Å². The molecule has 0 aromatic heterocycles. The van der Waals surface area contributed by atoms with Gasteiger partial charge in [0.1, 0.15) is 0 Å². The summed E-state index contributed by atoms with van der Waals surface area (Å²) >= 11 is 0. The highest BCUT2D eigenvalue weighted by molar-refractivity contribution is 7.85. The summed E-state index contributed by atoms with van der Waals surface area (Å²) in [7, 11) is -4.21. The number of hydrogen-bond acceptors (Lipinski definition) is 3. The van der Waals surface area contributed by atoms with Gasteiger partial charge in [0.15, 0.2) is 0 Å². The summed E-state index contributed by atoms with van der Waals surface area (Å²) in [6, 6.07) is 5.20. The Hall–Kier alpha value is -1.43. The van der Waals surface area contributed by atoms with Crippen LogP contribution in [0.3, 0.4) is 0 Å². The van der Waals surface area contributed by atoms with E-state index < -0.39 is 10.1 Å². The van der Waals surface area contributed by atoms with E-state index in [-0.39, 0.29) is 16.4 Å². The minimum Gasteiger partial charge on any atom is -0.313 e. The topological polar surface area (TPSA) is 66.4 Å². The van der Waals surface area contributed by atoms with Gasteiger partial charge in [-0.05, 0) is 62.9 Å². The number of allylic oxidation sites excluding steroid dienone is 3. The van der Waals surface area contributed by atoms with E-state index in [1.54, 1.807) is 12.1 Å². The largest absolute Gasteiger partial charge is 0.313 e. The lowest BCUT2D eigenvalue weighted by molar-refractivity contribution is 0.286. The highest BCUT2D eigenvalue weighted by Crippen LogP contribution is 2.43. The van der Waals surface area contributed by atoms with Crippen LogP contribution in [0.1, 0.15) is 43.7 Å². The van der Waals surface area contributed by atoms with Crippen molar-refractivity contribution < 1.29 is 13.0 Å². The fourth-order valence-corrected chi connectivity index (χ4v) is 4.64. The zero-order chi connectivity index (χ0) is 17.4. The molecule has 5 heteroatoms. The van der Waals surface area contributed by atoms with Gasteiger partial charge in [0.25, 0.3) is 10.1 Å². The Balaban J connectivity index is 2.16. The normalized spacial score (nSPS) is 27.8. The van der Waals surface area contributed by atoms with E-state index in [2.05, 4.69) is 30.5 Å². The van der Waals surface area contributed by atoms with Crippen LogP contribution in [0.2, 0.25) is 0 Å². The lowest BCUT2D eigenvalue weighted by Gasteiger charge is -2.44. The Labute approximate surface area is 144 Å². The lowest BCUT2D eigenvalue weighted by Crippen LogP contribution is -2.50. The van der Waals surface area contributed by atoms with Gasteiger partial charge in [-0.15, -0.1) is 0 Å². The molecular weight excluding hydrogens is 322 g/mol. The van der Waals surface area contributed by atoms with E-state index >= 15 is 0 Å². The van der Waals surface area contributed by atoms with Crippen LogP contribution in [0.5, 0.6) is 0 Å². The lowest BCUT2D eigenvalue weighted by atomic mass is 9.65. The second kappa shape index (κ2) is 6.47. The summed E-state index contributed by atoms with van der Waals surface area (Å²) in [4.78, 5) is -0.0288. The van der Waals surface area contributed by atoms with Crippen molar-refractivity contribution in [3.63, 3.8) is 0 Å². The second-order valence-corrected chi connectivity index (χ2v) is 8.47. The maximum Gasteiger partial charge on any atom is 0.294 e. The summed E-state index contributed by atoms with van der Waals surface area (Å²) in [6.45, 7) is 5.11. The molecule has 1 aromatic carbocycles. The van der Waals surface area contributed by atoms with E-state index in [0.29, 0.717) is 0 Å². The summed E-state index contributed by atoms with van der Waals surface area (Å²) in [5, 5.41) is 3.64. The van der Waals surface area contributed by atoms with Gasteiger partial charge in [0.05, 0.1) is 4.90 Å². The molecule has 1 aliphatic carbocycles. The van der Waals surface area contributed by atoms with E-state index in [1.165, 1.54) is 24.5 Å². The number of hydrogen-bond donors (Lipinski definition) is 2. The molecule has 0 spiro atoms. The molecule has 1 heterocycles. The molecule has 1 aliphatic heterocycles. The molecule has 0 saturated carbocycles. The molecule has 130 valence electrons. The minimum atomic E-state index is -4.21. The Kier molecular flexibility index (Phi) is 4.69. The van der Waals surface area contributed by atoms with Crippen molar-refractivity contribution in [2.24, 2.45) is 0 Å². The number of rotatable bonds is 3. The first-order valence-corrected chi connectivity index (χ1v) is 9.94. The van der Waals surface area contributed by atoms with Crippen molar-refractivity contribution in [3.8, 4) is 0 Å². The summed E-state index contributed by atoms with van der Waals surface area (Å²) in [5.41, 5.74) is 3.04. The van der Waals surface area contributed by atoms with Gasteiger partial charge in [-0.1, -0.05) is 36.3 Å². The molecular formula is C19H25NO3S. The van der Waals surface area contributed by atoms with Crippen molar-refractivity contribution in [2.75, 3.05) is 6.54 Å². The maximum absolute atomic E-state index is 11.6. The van der Waals surface area contributed by atoms with E-state index in [4.69, 9.17) is 0 Å². The molecule has 0 radical (unpaired) electrons. The minimum absolute atomic E-state index is 0.0288. The Morgan fingerprint density at radius 3 is 2.67 bits per heavy atom. The monoisotopic (exact) mass is 347 g/mol. The molecule has 1 unspecified atom stereocenters. The SMILES string of the molecule is CC1=CC=C[C@](c2cc(S(=O)(=O)O)ccc2C)(C2CCCCN2)C1. The Morgan fingerprint density at radius 2 is 2.04 bits per heavy atom. The van der Waals surface area contributed by atoms with Crippen LogP contribution >= 0.6 is 0 Å². The molecule has 2 atom stereocenters. The third-order valence-electron chi connectivity index (χ3n) is 5.29. The average molecular weight is 347 g/mol. The molecule has 2 aliphatic rings. The van der Waals surface area contributed by atoms with Crippen LogP contribution in [0.4, 0.5) is 0 Å². The fraction of sp³-hybridized carbons (Fsp3) is 0.474. The highest BCUT2D eigenvalue weighted by atomic mass is 32.2. The van der Waals surface area contributed by atoms with Crippen molar-refractivity contribution in [2.45, 2.75) is 55.9 Å². The first-order valence-electron chi connectivity index (χ1n) is 8.50. The van der Waals surface area contributed by atoms with Crippen LogP contribution in [-0.4, -0.2) is 25.6 Å². The first-order chi connectivity index (χ1) is 11.3. The molecule has 0 bridgehead atoms. The van der Waals surface area contributed by atoms with Crippen LogP contribution < -0.4 is 5.32 Å². The number of benzene rings is 1. The molecule has 1 fully saturated rings. The number of nitrogens with one attached hydrogen (secondary N) is 1. The molecule has 4 nitrogen and oxygen atoms in total. The van der Waals surface area contributed by atoms with Crippen molar-refractivity contribution in [1.82, 2.24) is 5.32 Å². The van der Waals surface area contributed by atoms with Gasteiger partial charge in [0.2, 0.25) is 0 Å². The zero-order valence-electron chi connectivity index (χ0n) is 14.2. The molecule has 2 N–H and O–H groups in total. The van der Waals surface area contributed by atoms with E-state index in [0.717, 1.165) is 30.5 Å². The first kappa shape index (κ1) is 17.4. The van der Waals surface area contributed by atoms with Crippen LogP contribution in [0, 0.1) is 6.92 Å². The van der Waals surface area contributed by atoms with Gasteiger partial charge < -0.3 is 5.32 Å². The molecule has 24 heavy (non-hydrogen) atoms. The molecule has 3 rings (SSSR count). The van der Waals surface area contributed by atoms with Gasteiger partial charge in [-0.3, -0.25) is 4.55 Å². The molecule has 0 amide bonds. The third-order valence-corrected chi connectivity index (χ3v) is 6.14. The standard InChI is InChI=1S/C19H25NO3S/c1-14-6-5-10-19(13-14,18-7-3-4-11-20-18)17-12-16(24(21,22)23)9-8-15(17)2/h5-6,8-10,12,18,20H,3-4,7,11,13H2,1-2H3,(H,21,22,23)/t18?,19-/m0/s1. The van der Waals surface area contributed by atoms with Gasteiger partial charge in [-0.2, -0.15) is 8.42 Å². The van der Waals surface area contributed by atoms with Crippen LogP contribution in [0.25, 0.3) is 0 Å². The number of piperidine rings is 1. The van der Waals surface area contributed by atoms with E-state index in [9.17, 15) is 13.0 Å². The highest BCUT2D eigenvalue weighted by Gasteiger charge is 2.41. The third kappa shape index (κ3) is 3.21. The zero-order valence-corrected chi connectivity index (χ0v) is 15.1. The van der Waals surface area contributed by atoms with Crippen molar-refractivity contribution in [1.29, 1.82) is 0 Å². The van der Waals surface area contributed by atoms with Crippen LogP contribution in [0.15, 0.2) is 46.9 Å². The summed E-state index contributed by atoms with van der Waals surface area (Å²) in [6.07, 6.45) is 10.7. The number of aryl methyl sites for hydroxylation is 1. The summed E-state index contributed by atoms with van der Waals surface area (Å²) < 4.78 is 32.7. The smallest absolute Gasteiger partial charge is 0.294 e. The van der Waals surface area contributed by atoms with Crippen LogP contribution in [-0.2, 0) is 15.5 Å². The van der Waals surface area contributed by atoms with Crippen molar-refractivity contribution in [3.05, 3.63) is 53.1 Å². The predicted octanol–water partition coefficient (Wildman–Crippen LogP) is 3.53. The molecule has 1 saturated heterocycles. The summed E-state index contributed by atoms with van der Waals surface area (Å²) in [5.74, 6) is 0. The van der Waals surface area contributed by atoms with Crippen molar-refractivity contribution >= 4 is 10.1 Å². The Bertz CT molecular complexity index is 789. The van der Waals surface area contributed by atoms with E-state index in [1.807, 2.05) is 6.92 Å². The van der Waals surface area contributed by atoms with Gasteiger partial charge in [0, 0.05) is 11.5 Å². The Morgan fingerprint density at radius 1 is 1.25 bits per heavy atom. The van der Waals surface area contributed by atoms with Gasteiger partial charge in [-0.25, -0.2) is 0 Å². The average Bonchev–Trinajstić information content (AvgIpc) is 2.55. The second-order valence-electron chi connectivity index (χ2n) is 7.04. The quantitative estimate of drug-likeness (QED) is 0.821. The maximum atomic E-state index is 11.6. The fourth-order valence-electron chi connectivity index (χ4n) is 4.13.